The van der Waals surface area contributed by atoms with Gasteiger partial charge in [-0.3, -0.25) is 4.79 Å². The highest BCUT2D eigenvalue weighted by atomic mass is 79.9. The first-order chi connectivity index (χ1) is 11.4. The lowest BCUT2D eigenvalue weighted by atomic mass is 10.1. The maximum atomic E-state index is 14.1. The van der Waals surface area contributed by atoms with Crippen LogP contribution in [0.2, 0.25) is 0 Å². The molecule has 0 atom stereocenters. The summed E-state index contributed by atoms with van der Waals surface area (Å²) < 4.78 is 33.0. The van der Waals surface area contributed by atoms with Crippen LogP contribution < -0.4 is 5.32 Å². The van der Waals surface area contributed by atoms with Gasteiger partial charge in [-0.2, -0.15) is 0 Å². The molecule has 1 N–H and O–H groups in total. The number of amides is 1. The third kappa shape index (κ3) is 4.82. The second-order valence-electron chi connectivity index (χ2n) is 4.87. The number of thiocarbonyl (C=S) groups is 1. The number of carbonyl (C=O) groups is 1. The molecule has 2 aromatic rings. The molecule has 2 rings (SSSR count). The predicted molar refractivity (Wildman–Crippen MR) is 96.4 cm³/mol. The smallest absolute Gasteiger partial charge is 0.255 e. The van der Waals surface area contributed by atoms with Crippen LogP contribution >= 0.6 is 28.1 Å². The van der Waals surface area contributed by atoms with Crippen LogP contribution in [0.3, 0.4) is 0 Å². The summed E-state index contributed by atoms with van der Waals surface area (Å²) in [6.07, 6.45) is 0.298. The Balaban J connectivity index is 2.23. The van der Waals surface area contributed by atoms with Crippen LogP contribution in [0.15, 0.2) is 40.9 Å². The Morgan fingerprint density at radius 1 is 1.29 bits per heavy atom. The summed E-state index contributed by atoms with van der Waals surface area (Å²) in [4.78, 5) is 12.1. The second-order valence-corrected chi connectivity index (χ2v) is 6.18. The Morgan fingerprint density at radius 3 is 2.71 bits per heavy atom. The molecule has 126 valence electrons. The molecule has 1 amide bonds. The molecule has 0 heterocycles. The maximum Gasteiger partial charge on any atom is 0.255 e. The number of benzene rings is 2. The summed E-state index contributed by atoms with van der Waals surface area (Å²) in [7, 11) is 0. The Kier molecular flexibility index (Phi) is 6.39. The lowest BCUT2D eigenvalue weighted by Gasteiger charge is -2.12. The van der Waals surface area contributed by atoms with Crippen molar-refractivity contribution in [2.75, 3.05) is 11.9 Å². The molecule has 0 fully saturated rings. The Morgan fingerprint density at radius 2 is 2.04 bits per heavy atom. The number of carbonyl (C=O) groups excluding carboxylic acids is 1. The van der Waals surface area contributed by atoms with Crippen molar-refractivity contribution >= 4 is 44.8 Å². The van der Waals surface area contributed by atoms with E-state index in [1.165, 1.54) is 30.3 Å². The zero-order valence-corrected chi connectivity index (χ0v) is 15.1. The van der Waals surface area contributed by atoms with Crippen LogP contribution in [0.5, 0.6) is 0 Å². The van der Waals surface area contributed by atoms with E-state index in [4.69, 9.17) is 17.0 Å². The van der Waals surface area contributed by atoms with E-state index in [1.807, 2.05) is 6.92 Å². The van der Waals surface area contributed by atoms with Gasteiger partial charge in [0.05, 0.1) is 12.3 Å². The highest BCUT2D eigenvalue weighted by Crippen LogP contribution is 2.26. The van der Waals surface area contributed by atoms with Crippen LogP contribution in [-0.4, -0.2) is 17.6 Å². The summed E-state index contributed by atoms with van der Waals surface area (Å²) in [6, 6.07) is 7.88. The first-order valence-electron chi connectivity index (χ1n) is 7.11. The van der Waals surface area contributed by atoms with Gasteiger partial charge in [0.2, 0.25) is 0 Å². The average molecular weight is 414 g/mol. The standard InChI is InChI=1S/C17H14BrF2NO2S/c1-2-23-16(24)8-11-7-15(14(20)9-13(11)18)21-17(22)10-4-3-5-12(19)6-10/h3-7,9H,2,8H2,1H3,(H,21,22). The van der Waals surface area contributed by atoms with Crippen molar-refractivity contribution in [2.45, 2.75) is 13.3 Å². The van der Waals surface area contributed by atoms with Gasteiger partial charge in [-0.25, -0.2) is 8.78 Å². The highest BCUT2D eigenvalue weighted by molar-refractivity contribution is 9.10. The van der Waals surface area contributed by atoms with Gasteiger partial charge in [0, 0.05) is 16.5 Å². The zero-order chi connectivity index (χ0) is 17.7. The minimum atomic E-state index is -0.613. The molecular weight excluding hydrogens is 400 g/mol. The fraction of sp³-hybridized carbons (Fsp3) is 0.176. The van der Waals surface area contributed by atoms with E-state index in [-0.39, 0.29) is 11.3 Å². The maximum absolute atomic E-state index is 14.1. The molecule has 0 unspecified atom stereocenters. The summed E-state index contributed by atoms with van der Waals surface area (Å²) in [5.74, 6) is -1.76. The Bertz CT molecular complexity index is 783. The van der Waals surface area contributed by atoms with E-state index in [0.717, 1.165) is 6.07 Å². The van der Waals surface area contributed by atoms with Gasteiger partial charge in [0.15, 0.2) is 5.05 Å². The summed E-state index contributed by atoms with van der Waals surface area (Å²) in [5.41, 5.74) is 0.759. The van der Waals surface area contributed by atoms with E-state index in [2.05, 4.69) is 21.2 Å². The van der Waals surface area contributed by atoms with Crippen molar-refractivity contribution in [1.29, 1.82) is 0 Å². The average Bonchev–Trinajstić information content (AvgIpc) is 2.52. The molecule has 2 aromatic carbocycles. The Hall–Kier alpha value is -1.86. The number of hydrogen-bond acceptors (Lipinski definition) is 3. The van der Waals surface area contributed by atoms with Gasteiger partial charge >= 0.3 is 0 Å². The van der Waals surface area contributed by atoms with Crippen molar-refractivity contribution in [1.82, 2.24) is 0 Å². The molecule has 0 aliphatic carbocycles. The second kappa shape index (κ2) is 8.30. The van der Waals surface area contributed by atoms with Crippen molar-refractivity contribution in [3.63, 3.8) is 0 Å². The van der Waals surface area contributed by atoms with Gasteiger partial charge in [-0.1, -0.05) is 22.0 Å². The number of anilines is 1. The summed E-state index contributed by atoms with van der Waals surface area (Å²) in [5, 5.41) is 2.81. The number of nitrogens with one attached hydrogen (secondary N) is 1. The van der Waals surface area contributed by atoms with Gasteiger partial charge in [-0.05, 0) is 55.0 Å². The SMILES string of the molecule is CCOC(=S)Cc1cc(NC(=O)c2cccc(F)c2)c(F)cc1Br. The van der Waals surface area contributed by atoms with Crippen molar-refractivity contribution in [3.8, 4) is 0 Å². The van der Waals surface area contributed by atoms with Gasteiger partial charge < -0.3 is 10.1 Å². The topological polar surface area (TPSA) is 38.3 Å². The molecule has 24 heavy (non-hydrogen) atoms. The predicted octanol–water partition coefficient (Wildman–Crippen LogP) is 4.89. The van der Waals surface area contributed by atoms with Crippen LogP contribution in [0.25, 0.3) is 0 Å². The van der Waals surface area contributed by atoms with Gasteiger partial charge in [0.1, 0.15) is 11.6 Å². The summed E-state index contributed by atoms with van der Waals surface area (Å²) in [6.45, 7) is 2.26. The highest BCUT2D eigenvalue weighted by Gasteiger charge is 2.14. The molecular formula is C17H14BrF2NO2S. The number of rotatable bonds is 5. The molecule has 0 bridgehead atoms. The molecule has 7 heteroatoms. The molecule has 0 spiro atoms. The van der Waals surface area contributed by atoms with E-state index < -0.39 is 17.5 Å². The third-order valence-corrected chi connectivity index (χ3v) is 4.11. The monoisotopic (exact) mass is 413 g/mol. The van der Waals surface area contributed by atoms with Gasteiger partial charge in [0.25, 0.3) is 5.91 Å². The van der Waals surface area contributed by atoms with E-state index in [1.54, 1.807) is 0 Å². The minimum absolute atomic E-state index is 0.0123. The molecule has 0 saturated heterocycles. The molecule has 0 saturated carbocycles. The fourth-order valence-corrected chi connectivity index (χ4v) is 2.75. The Labute approximate surface area is 152 Å². The minimum Gasteiger partial charge on any atom is -0.487 e. The van der Waals surface area contributed by atoms with E-state index in [9.17, 15) is 13.6 Å². The van der Waals surface area contributed by atoms with E-state index in [0.29, 0.717) is 28.1 Å². The van der Waals surface area contributed by atoms with Crippen LogP contribution in [0.4, 0.5) is 14.5 Å². The molecule has 0 radical (unpaired) electrons. The quantitative estimate of drug-likeness (QED) is 0.709. The first-order valence-corrected chi connectivity index (χ1v) is 8.31. The number of ether oxygens (including phenoxy) is 1. The van der Waals surface area contributed by atoms with Crippen LogP contribution in [0, 0.1) is 11.6 Å². The van der Waals surface area contributed by atoms with E-state index >= 15 is 0 Å². The zero-order valence-electron chi connectivity index (χ0n) is 12.7. The molecule has 0 aliphatic heterocycles. The summed E-state index contributed by atoms with van der Waals surface area (Å²) >= 11 is 8.35. The fourth-order valence-electron chi connectivity index (χ4n) is 2.02. The van der Waals surface area contributed by atoms with Crippen molar-refractivity contribution in [3.05, 3.63) is 63.6 Å². The first kappa shape index (κ1) is 18.5. The van der Waals surface area contributed by atoms with Crippen LogP contribution in [0.1, 0.15) is 22.8 Å². The van der Waals surface area contributed by atoms with Crippen LogP contribution in [-0.2, 0) is 11.2 Å². The van der Waals surface area contributed by atoms with Crippen molar-refractivity contribution in [2.24, 2.45) is 0 Å². The number of halogens is 3. The largest absolute Gasteiger partial charge is 0.487 e. The lowest BCUT2D eigenvalue weighted by Crippen LogP contribution is -2.14. The molecule has 3 nitrogen and oxygen atoms in total. The third-order valence-electron chi connectivity index (χ3n) is 3.11. The lowest BCUT2D eigenvalue weighted by molar-refractivity contribution is 0.102. The van der Waals surface area contributed by atoms with Crippen molar-refractivity contribution < 1.29 is 18.3 Å². The molecule has 0 aliphatic rings. The normalized spacial score (nSPS) is 10.3. The van der Waals surface area contributed by atoms with Gasteiger partial charge in [-0.15, -0.1) is 0 Å². The number of hydrogen-bond donors (Lipinski definition) is 1. The molecule has 0 aromatic heterocycles.